The number of nitrogens with zero attached hydrogens (tertiary/aromatic N) is 3. The van der Waals surface area contributed by atoms with Gasteiger partial charge in [-0.1, -0.05) is 53.0 Å². The number of benzene rings is 2. The molecule has 29 heavy (non-hydrogen) atoms. The Balaban J connectivity index is 1.62. The third kappa shape index (κ3) is 5.07. The summed E-state index contributed by atoms with van der Waals surface area (Å²) in [7, 11) is 0. The summed E-state index contributed by atoms with van der Waals surface area (Å²) in [4.78, 5) is 9.16. The van der Waals surface area contributed by atoms with Gasteiger partial charge in [-0.15, -0.1) is 0 Å². The van der Waals surface area contributed by atoms with Crippen molar-refractivity contribution >= 4 is 56.4 Å². The molecule has 3 aromatic rings. The number of hydrogen-bond donors (Lipinski definition) is 0. The highest BCUT2D eigenvalue weighted by molar-refractivity contribution is 9.10. The summed E-state index contributed by atoms with van der Waals surface area (Å²) < 4.78 is 0.850. The number of anilines is 1. The summed E-state index contributed by atoms with van der Waals surface area (Å²) in [6, 6.07) is 18.0. The molecule has 7 heteroatoms. The third-order valence-electron chi connectivity index (χ3n) is 5.13. The van der Waals surface area contributed by atoms with Crippen LogP contribution in [-0.2, 0) is 6.54 Å². The van der Waals surface area contributed by atoms with E-state index < -0.39 is 0 Å². The lowest BCUT2D eigenvalue weighted by atomic mass is 10.0. The van der Waals surface area contributed by atoms with Crippen LogP contribution in [0.15, 0.2) is 65.4 Å². The monoisotopic (exact) mass is 509 g/mol. The molecule has 1 saturated heterocycles. The molecule has 0 unspecified atom stereocenters. The van der Waals surface area contributed by atoms with Gasteiger partial charge in [0.2, 0.25) is 0 Å². The van der Waals surface area contributed by atoms with Gasteiger partial charge in [-0.25, -0.2) is 4.98 Å². The Labute approximate surface area is 194 Å². The first-order chi connectivity index (χ1) is 14.0. The third-order valence-corrected chi connectivity index (χ3v) is 6.39. The van der Waals surface area contributed by atoms with E-state index in [0.717, 1.165) is 41.5 Å². The Morgan fingerprint density at radius 1 is 0.931 bits per heavy atom. The van der Waals surface area contributed by atoms with E-state index in [1.54, 1.807) is 6.07 Å². The molecule has 1 atom stereocenters. The molecule has 1 aliphatic rings. The van der Waals surface area contributed by atoms with Crippen molar-refractivity contribution in [1.82, 2.24) is 9.88 Å². The first kappa shape index (κ1) is 21.0. The van der Waals surface area contributed by atoms with Crippen LogP contribution in [0, 0.1) is 0 Å². The quantitative estimate of drug-likeness (QED) is 0.357. The molecular weight excluding hydrogens is 493 g/mol. The van der Waals surface area contributed by atoms with Gasteiger partial charge in [-0.3, -0.25) is 4.90 Å². The summed E-state index contributed by atoms with van der Waals surface area (Å²) in [5.41, 5.74) is 3.40. The highest BCUT2D eigenvalue weighted by Gasteiger charge is 2.29. The van der Waals surface area contributed by atoms with Crippen LogP contribution in [0.25, 0.3) is 0 Å². The number of hydrogen-bond acceptors (Lipinski definition) is 3. The molecule has 0 amide bonds. The molecule has 2 aromatic carbocycles. The number of aromatic nitrogens is 1. The summed E-state index contributed by atoms with van der Waals surface area (Å²) in [5.74, 6) is 0. The van der Waals surface area contributed by atoms with Gasteiger partial charge < -0.3 is 4.90 Å². The van der Waals surface area contributed by atoms with E-state index in [0.29, 0.717) is 10.0 Å². The van der Waals surface area contributed by atoms with Crippen molar-refractivity contribution in [2.45, 2.75) is 12.6 Å². The van der Waals surface area contributed by atoms with Crippen molar-refractivity contribution in [2.24, 2.45) is 0 Å². The lowest BCUT2D eigenvalue weighted by Crippen LogP contribution is -2.48. The fourth-order valence-corrected chi connectivity index (χ4v) is 4.59. The Morgan fingerprint density at radius 3 is 2.38 bits per heavy atom. The van der Waals surface area contributed by atoms with E-state index in [-0.39, 0.29) is 6.04 Å². The maximum atomic E-state index is 6.55. The van der Waals surface area contributed by atoms with Crippen LogP contribution in [0.1, 0.15) is 17.2 Å². The molecule has 2 heterocycles. The topological polar surface area (TPSA) is 19.4 Å². The van der Waals surface area contributed by atoms with Crippen LogP contribution < -0.4 is 4.90 Å². The lowest BCUT2D eigenvalue weighted by molar-refractivity contribution is 0.215. The highest BCUT2D eigenvalue weighted by atomic mass is 79.9. The average Bonchev–Trinajstić information content (AvgIpc) is 2.71. The van der Waals surface area contributed by atoms with Gasteiger partial charge in [0.05, 0.1) is 16.8 Å². The molecular formula is C22H19BrCl3N3. The van der Waals surface area contributed by atoms with E-state index in [1.165, 1.54) is 11.1 Å². The molecule has 0 N–H and O–H groups in total. The Hall–Kier alpha value is -1.30. The van der Waals surface area contributed by atoms with Crippen molar-refractivity contribution < 1.29 is 0 Å². The van der Waals surface area contributed by atoms with E-state index >= 15 is 0 Å². The summed E-state index contributed by atoms with van der Waals surface area (Å²) in [5, 5.41) is 2.05. The van der Waals surface area contributed by atoms with Crippen LogP contribution in [0.2, 0.25) is 15.1 Å². The molecule has 150 valence electrons. The number of halogens is 4. The second-order valence-corrected chi connectivity index (χ2v) is 9.17. The zero-order chi connectivity index (χ0) is 20.4. The zero-order valence-corrected chi connectivity index (χ0v) is 19.4. The minimum absolute atomic E-state index is 0.156. The molecule has 4 rings (SSSR count). The van der Waals surface area contributed by atoms with Crippen molar-refractivity contribution in [1.29, 1.82) is 0 Å². The van der Waals surface area contributed by atoms with Crippen LogP contribution in [0.3, 0.4) is 0 Å². The van der Waals surface area contributed by atoms with Gasteiger partial charge in [-0.2, -0.15) is 0 Å². The summed E-state index contributed by atoms with van der Waals surface area (Å²) >= 11 is 22.2. The SMILES string of the molecule is Clc1ccc([C@@H]2CN(Cc3ccc(Br)nc3)CCN2c2ccc(Cl)cc2Cl)cc1. The molecule has 0 aliphatic carbocycles. The van der Waals surface area contributed by atoms with E-state index in [4.69, 9.17) is 34.8 Å². The van der Waals surface area contributed by atoms with E-state index in [2.05, 4.69) is 48.9 Å². The Morgan fingerprint density at radius 2 is 1.69 bits per heavy atom. The van der Waals surface area contributed by atoms with Gasteiger partial charge >= 0.3 is 0 Å². The van der Waals surface area contributed by atoms with Gasteiger partial charge in [0.1, 0.15) is 4.60 Å². The first-order valence-electron chi connectivity index (χ1n) is 9.29. The highest BCUT2D eigenvalue weighted by Crippen LogP contribution is 2.37. The molecule has 0 radical (unpaired) electrons. The maximum Gasteiger partial charge on any atom is 0.106 e. The second-order valence-electron chi connectivity index (χ2n) is 7.08. The fourth-order valence-electron chi connectivity index (χ4n) is 3.71. The second kappa shape index (κ2) is 9.23. The fraction of sp³-hybridized carbons (Fsp3) is 0.227. The Bertz CT molecular complexity index is 980. The van der Waals surface area contributed by atoms with Crippen LogP contribution in [0.4, 0.5) is 5.69 Å². The van der Waals surface area contributed by atoms with Crippen molar-refractivity contribution in [3.63, 3.8) is 0 Å². The summed E-state index contributed by atoms with van der Waals surface area (Å²) in [6.07, 6.45) is 1.92. The van der Waals surface area contributed by atoms with Crippen LogP contribution in [-0.4, -0.2) is 29.5 Å². The zero-order valence-electron chi connectivity index (χ0n) is 15.5. The standard InChI is InChI=1S/C22H19BrCl3N3/c23-22-8-1-15(12-27-22)13-28-9-10-29(20-7-6-18(25)11-19(20)26)21(14-28)16-2-4-17(24)5-3-16/h1-8,11-12,21H,9-10,13-14H2/t21-/m0/s1. The maximum absolute atomic E-state index is 6.55. The van der Waals surface area contributed by atoms with Gasteiger partial charge in [0.25, 0.3) is 0 Å². The molecule has 1 aliphatic heterocycles. The van der Waals surface area contributed by atoms with Crippen LogP contribution in [0.5, 0.6) is 0 Å². The predicted molar refractivity (Wildman–Crippen MR) is 125 cm³/mol. The largest absolute Gasteiger partial charge is 0.361 e. The van der Waals surface area contributed by atoms with E-state index in [9.17, 15) is 0 Å². The predicted octanol–water partition coefficient (Wildman–Crippen LogP) is 6.87. The van der Waals surface area contributed by atoms with Crippen molar-refractivity contribution in [3.8, 4) is 0 Å². The minimum Gasteiger partial charge on any atom is -0.361 e. The number of pyridine rings is 1. The molecule has 1 aromatic heterocycles. The van der Waals surface area contributed by atoms with Gasteiger partial charge in [0, 0.05) is 42.4 Å². The van der Waals surface area contributed by atoms with Crippen molar-refractivity contribution in [2.75, 3.05) is 24.5 Å². The average molecular weight is 512 g/mol. The minimum atomic E-state index is 0.156. The van der Waals surface area contributed by atoms with Gasteiger partial charge in [0.15, 0.2) is 0 Å². The summed E-state index contributed by atoms with van der Waals surface area (Å²) in [6.45, 7) is 3.51. The lowest BCUT2D eigenvalue weighted by Gasteiger charge is -2.43. The molecule has 1 fully saturated rings. The van der Waals surface area contributed by atoms with Crippen LogP contribution >= 0.6 is 50.7 Å². The normalized spacial score (nSPS) is 17.5. The smallest absolute Gasteiger partial charge is 0.106 e. The molecule has 0 saturated carbocycles. The molecule has 0 spiro atoms. The van der Waals surface area contributed by atoms with E-state index in [1.807, 2.05) is 36.5 Å². The number of rotatable bonds is 4. The molecule has 0 bridgehead atoms. The van der Waals surface area contributed by atoms with Gasteiger partial charge in [-0.05, 0) is 63.5 Å². The van der Waals surface area contributed by atoms with Crippen molar-refractivity contribution in [3.05, 3.63) is 91.6 Å². The molecule has 3 nitrogen and oxygen atoms in total. The Kier molecular flexibility index (Phi) is 6.67. The number of piperazine rings is 1. The first-order valence-corrected chi connectivity index (χ1v) is 11.2.